The predicted molar refractivity (Wildman–Crippen MR) is 81.6 cm³/mol. The van der Waals surface area contributed by atoms with Gasteiger partial charge in [-0.3, -0.25) is 0 Å². The molecule has 0 unspecified atom stereocenters. The molecule has 5 nitrogen and oxygen atoms in total. The molecule has 1 aliphatic rings. The third-order valence-corrected chi connectivity index (χ3v) is 3.97. The number of aromatic nitrogens is 2. The summed E-state index contributed by atoms with van der Waals surface area (Å²) in [4.78, 5) is 9.21. The molecule has 1 heterocycles. The molecule has 0 saturated carbocycles. The van der Waals surface area contributed by atoms with Crippen molar-refractivity contribution in [3.63, 3.8) is 0 Å². The summed E-state index contributed by atoms with van der Waals surface area (Å²) in [5.74, 6) is 7.68. The van der Waals surface area contributed by atoms with Gasteiger partial charge >= 0.3 is 0 Å². The first kappa shape index (κ1) is 13.3. The Morgan fingerprint density at radius 2 is 2.15 bits per heavy atom. The maximum atomic E-state index is 5.59. The average molecular weight is 335 g/mol. The van der Waals surface area contributed by atoms with Crippen LogP contribution in [0.3, 0.4) is 0 Å². The van der Waals surface area contributed by atoms with E-state index in [2.05, 4.69) is 31.3 Å². The number of hydrogen-bond acceptors (Lipinski definition) is 5. The van der Waals surface area contributed by atoms with Gasteiger partial charge in [-0.05, 0) is 37.5 Å². The predicted octanol–water partition coefficient (Wildman–Crippen LogP) is 2.69. The largest absolute Gasteiger partial charge is 0.496 e. The fourth-order valence-electron chi connectivity index (χ4n) is 2.53. The van der Waals surface area contributed by atoms with E-state index in [0.29, 0.717) is 11.6 Å². The van der Waals surface area contributed by atoms with Crippen LogP contribution in [-0.2, 0) is 12.8 Å². The first-order valence-corrected chi connectivity index (χ1v) is 7.22. The monoisotopic (exact) mass is 334 g/mol. The molecular weight excluding hydrogens is 320 g/mol. The highest BCUT2D eigenvalue weighted by molar-refractivity contribution is 9.10. The Morgan fingerprint density at radius 1 is 1.30 bits per heavy atom. The Balaban J connectivity index is 2.18. The van der Waals surface area contributed by atoms with Gasteiger partial charge in [0, 0.05) is 15.7 Å². The average Bonchev–Trinajstić information content (AvgIpc) is 2.94. The van der Waals surface area contributed by atoms with Crippen molar-refractivity contribution < 1.29 is 4.74 Å². The van der Waals surface area contributed by atoms with Crippen molar-refractivity contribution in [2.24, 2.45) is 5.84 Å². The molecule has 20 heavy (non-hydrogen) atoms. The number of rotatable bonds is 3. The van der Waals surface area contributed by atoms with E-state index in [1.54, 1.807) is 7.11 Å². The number of benzene rings is 1. The first-order chi connectivity index (χ1) is 9.72. The van der Waals surface area contributed by atoms with Crippen molar-refractivity contribution in [2.75, 3.05) is 12.5 Å². The van der Waals surface area contributed by atoms with Crippen LogP contribution in [0.15, 0.2) is 22.7 Å². The van der Waals surface area contributed by atoms with Gasteiger partial charge in [0.2, 0.25) is 0 Å². The van der Waals surface area contributed by atoms with Crippen LogP contribution < -0.4 is 16.0 Å². The van der Waals surface area contributed by atoms with E-state index in [4.69, 9.17) is 10.6 Å². The lowest BCUT2D eigenvalue weighted by atomic mass is 10.1. The van der Waals surface area contributed by atoms with E-state index in [1.807, 2.05) is 18.2 Å². The second kappa shape index (κ2) is 5.38. The fourth-order valence-corrected chi connectivity index (χ4v) is 2.89. The minimum atomic E-state index is 0.636. The highest BCUT2D eigenvalue weighted by Gasteiger charge is 2.20. The van der Waals surface area contributed by atoms with Gasteiger partial charge in [-0.2, -0.15) is 0 Å². The minimum absolute atomic E-state index is 0.636. The van der Waals surface area contributed by atoms with Gasteiger partial charge in [-0.25, -0.2) is 15.8 Å². The quantitative estimate of drug-likeness (QED) is 0.666. The number of aryl methyl sites for hydroxylation is 1. The zero-order valence-electron chi connectivity index (χ0n) is 11.1. The van der Waals surface area contributed by atoms with Crippen molar-refractivity contribution in [1.29, 1.82) is 0 Å². The van der Waals surface area contributed by atoms with E-state index in [1.165, 1.54) is 0 Å². The highest BCUT2D eigenvalue weighted by Crippen LogP contribution is 2.34. The summed E-state index contributed by atoms with van der Waals surface area (Å²) in [6.07, 6.45) is 3.04. The smallest absolute Gasteiger partial charge is 0.165 e. The molecule has 0 radical (unpaired) electrons. The molecular formula is C14H15BrN4O. The van der Waals surface area contributed by atoms with Crippen LogP contribution in [-0.4, -0.2) is 17.1 Å². The Labute approximate surface area is 125 Å². The zero-order chi connectivity index (χ0) is 14.1. The summed E-state index contributed by atoms with van der Waals surface area (Å²) in [7, 11) is 1.64. The number of hydrazine groups is 1. The Morgan fingerprint density at radius 3 is 2.90 bits per heavy atom. The third-order valence-electron chi connectivity index (χ3n) is 3.47. The maximum absolute atomic E-state index is 5.59. The summed E-state index contributed by atoms with van der Waals surface area (Å²) < 4.78 is 6.35. The van der Waals surface area contributed by atoms with Crippen LogP contribution in [0.25, 0.3) is 11.4 Å². The zero-order valence-corrected chi connectivity index (χ0v) is 12.7. The number of nitrogens with two attached hydrogens (primary N) is 1. The van der Waals surface area contributed by atoms with Gasteiger partial charge in [0.15, 0.2) is 5.82 Å². The molecule has 0 bridgehead atoms. The number of nitrogens with one attached hydrogen (secondary N) is 1. The number of fused-ring (bicyclic) bond motifs is 1. The molecule has 0 amide bonds. The summed E-state index contributed by atoms with van der Waals surface area (Å²) in [5, 5.41) is 0. The molecule has 1 aromatic heterocycles. The Bertz CT molecular complexity index is 660. The lowest BCUT2D eigenvalue weighted by Crippen LogP contribution is -2.13. The van der Waals surface area contributed by atoms with Gasteiger partial charge in [0.1, 0.15) is 11.6 Å². The van der Waals surface area contributed by atoms with Crippen molar-refractivity contribution in [2.45, 2.75) is 19.3 Å². The van der Waals surface area contributed by atoms with Gasteiger partial charge in [0.25, 0.3) is 0 Å². The fraction of sp³-hybridized carbons (Fsp3) is 0.286. The summed E-state index contributed by atoms with van der Waals surface area (Å²) in [6, 6.07) is 5.78. The molecule has 1 aliphatic carbocycles. The molecule has 2 aromatic rings. The van der Waals surface area contributed by atoms with Crippen LogP contribution >= 0.6 is 15.9 Å². The number of halogens is 1. The number of nitrogens with zero attached hydrogens (tertiary/aromatic N) is 2. The molecule has 6 heteroatoms. The molecule has 3 rings (SSSR count). The van der Waals surface area contributed by atoms with Crippen LogP contribution in [0.4, 0.5) is 5.82 Å². The van der Waals surface area contributed by atoms with E-state index >= 15 is 0 Å². The Hall–Kier alpha value is -1.66. The minimum Gasteiger partial charge on any atom is -0.496 e. The van der Waals surface area contributed by atoms with Gasteiger partial charge < -0.3 is 10.2 Å². The van der Waals surface area contributed by atoms with Crippen molar-refractivity contribution in [1.82, 2.24) is 9.97 Å². The van der Waals surface area contributed by atoms with Crippen LogP contribution in [0.1, 0.15) is 17.7 Å². The van der Waals surface area contributed by atoms with Crippen LogP contribution in [0, 0.1) is 0 Å². The maximum Gasteiger partial charge on any atom is 0.165 e. The van der Waals surface area contributed by atoms with E-state index in [-0.39, 0.29) is 0 Å². The number of hydrogen-bond donors (Lipinski definition) is 2. The van der Waals surface area contributed by atoms with E-state index < -0.39 is 0 Å². The van der Waals surface area contributed by atoms with Crippen molar-refractivity contribution >= 4 is 21.7 Å². The number of nitrogen functional groups attached to an aromatic ring is 1. The third kappa shape index (κ3) is 2.25. The number of ether oxygens (including phenoxy) is 1. The molecule has 0 fully saturated rings. The van der Waals surface area contributed by atoms with Gasteiger partial charge in [-0.1, -0.05) is 15.9 Å². The topological polar surface area (TPSA) is 73.1 Å². The summed E-state index contributed by atoms with van der Waals surface area (Å²) in [6.45, 7) is 0. The van der Waals surface area contributed by atoms with Gasteiger partial charge in [-0.15, -0.1) is 0 Å². The second-order valence-electron chi connectivity index (χ2n) is 4.66. The molecule has 3 N–H and O–H groups in total. The van der Waals surface area contributed by atoms with E-state index in [0.717, 1.165) is 46.3 Å². The van der Waals surface area contributed by atoms with Crippen molar-refractivity contribution in [3.05, 3.63) is 33.9 Å². The Kier molecular flexibility index (Phi) is 3.58. The molecule has 0 saturated heterocycles. The van der Waals surface area contributed by atoms with Gasteiger partial charge in [0.05, 0.1) is 12.7 Å². The number of anilines is 1. The lowest BCUT2D eigenvalue weighted by molar-refractivity contribution is 0.416. The molecule has 1 aromatic carbocycles. The second-order valence-corrected chi connectivity index (χ2v) is 5.58. The summed E-state index contributed by atoms with van der Waals surface area (Å²) in [5.41, 5.74) is 5.74. The van der Waals surface area contributed by atoms with Crippen LogP contribution in [0.2, 0.25) is 0 Å². The standard InChI is InChI=1S/C14H15BrN4O/c1-20-12-6-5-8(15)7-10(12)13-17-11-4-2-3-9(11)14(18-13)19-16/h5-7H,2-4,16H2,1H3,(H,17,18,19). The lowest BCUT2D eigenvalue weighted by Gasteiger charge is -2.12. The molecule has 104 valence electrons. The normalized spacial score (nSPS) is 13.2. The van der Waals surface area contributed by atoms with E-state index in [9.17, 15) is 0 Å². The van der Waals surface area contributed by atoms with Crippen LogP contribution in [0.5, 0.6) is 5.75 Å². The van der Waals surface area contributed by atoms with Crippen molar-refractivity contribution in [3.8, 4) is 17.1 Å². The molecule has 0 aliphatic heterocycles. The summed E-state index contributed by atoms with van der Waals surface area (Å²) >= 11 is 3.47. The molecule has 0 atom stereocenters. The number of methoxy groups -OCH3 is 1. The highest BCUT2D eigenvalue weighted by atomic mass is 79.9. The first-order valence-electron chi connectivity index (χ1n) is 6.43. The molecule has 0 spiro atoms. The SMILES string of the molecule is COc1ccc(Br)cc1-c1nc2c(c(NN)n1)CCC2.